The molecule has 2 rings (SSSR count). The lowest BCUT2D eigenvalue weighted by atomic mass is 10.2. The third kappa shape index (κ3) is 2.95. The monoisotopic (exact) mass is 308 g/mol. The Bertz CT molecular complexity index is 686. The van der Waals surface area contributed by atoms with Crippen LogP contribution in [0, 0.1) is 0 Å². The molecule has 0 aliphatic heterocycles. The lowest BCUT2D eigenvalue weighted by Crippen LogP contribution is -2.25. The van der Waals surface area contributed by atoms with Crippen LogP contribution < -0.4 is 10.5 Å². The number of methoxy groups -OCH3 is 1. The minimum Gasteiger partial charge on any atom is -0.497 e. The predicted molar refractivity (Wildman–Crippen MR) is 85.3 cm³/mol. The largest absolute Gasteiger partial charge is 0.497 e. The number of anilines is 1. The van der Waals surface area contributed by atoms with E-state index in [0.29, 0.717) is 17.1 Å². The first-order valence-corrected chi connectivity index (χ1v) is 7.76. The smallest absolute Gasteiger partial charge is 0.357 e. The van der Waals surface area contributed by atoms with E-state index in [9.17, 15) is 4.79 Å². The molecule has 0 saturated carbocycles. The van der Waals surface area contributed by atoms with Crippen molar-refractivity contribution in [1.29, 1.82) is 0 Å². The van der Waals surface area contributed by atoms with E-state index in [1.807, 2.05) is 33.1 Å². The highest BCUT2D eigenvalue weighted by atomic mass is 32.2. The first kappa shape index (κ1) is 15.6. The van der Waals surface area contributed by atoms with E-state index < -0.39 is 5.60 Å². The lowest BCUT2D eigenvalue weighted by molar-refractivity contribution is 0.00577. The Hall–Kier alpha value is -1.82. The minimum absolute atomic E-state index is 0.385. The highest BCUT2D eigenvalue weighted by Gasteiger charge is 2.26. The molecule has 0 unspecified atom stereocenters. The Morgan fingerprint density at radius 1 is 1.38 bits per heavy atom. The van der Waals surface area contributed by atoms with Crippen LogP contribution in [0.4, 0.5) is 5.69 Å². The van der Waals surface area contributed by atoms with Gasteiger partial charge in [-0.25, -0.2) is 4.79 Å². The van der Waals surface area contributed by atoms with Gasteiger partial charge in [0.1, 0.15) is 17.0 Å². The van der Waals surface area contributed by atoms with Gasteiger partial charge in [-0.2, -0.15) is 0 Å². The molecular weight excluding hydrogens is 288 g/mol. The molecule has 2 aromatic heterocycles. The number of nitrogens with zero attached hydrogens (tertiary/aromatic N) is 1. The van der Waals surface area contributed by atoms with Gasteiger partial charge >= 0.3 is 5.97 Å². The zero-order valence-electron chi connectivity index (χ0n) is 12.9. The summed E-state index contributed by atoms with van der Waals surface area (Å²) < 4.78 is 12.4. The van der Waals surface area contributed by atoms with Crippen LogP contribution in [0.1, 0.15) is 31.3 Å². The zero-order valence-corrected chi connectivity index (χ0v) is 13.7. The van der Waals surface area contributed by atoms with Gasteiger partial charge in [0.05, 0.1) is 23.2 Å². The highest BCUT2D eigenvalue weighted by Crippen LogP contribution is 2.35. The Morgan fingerprint density at radius 2 is 2.05 bits per heavy atom. The van der Waals surface area contributed by atoms with Gasteiger partial charge in [-0.1, -0.05) is 0 Å². The molecule has 0 aliphatic rings. The second-order valence-electron chi connectivity index (χ2n) is 5.62. The molecule has 0 spiro atoms. The number of aromatic nitrogens is 1. The van der Waals surface area contributed by atoms with E-state index >= 15 is 0 Å². The first-order valence-electron chi connectivity index (χ1n) is 6.53. The summed E-state index contributed by atoms with van der Waals surface area (Å²) in [4.78, 5) is 13.2. The summed E-state index contributed by atoms with van der Waals surface area (Å²) in [6.45, 7) is 5.52. The molecule has 0 atom stereocenters. The molecule has 0 radical (unpaired) electrons. The number of ether oxygens (including phenoxy) is 2. The number of hydrogen-bond acceptors (Lipinski definition) is 5. The van der Waals surface area contributed by atoms with Crippen LogP contribution in [0.5, 0.6) is 5.75 Å². The molecule has 0 amide bonds. The Kier molecular flexibility index (Phi) is 4.09. The lowest BCUT2D eigenvalue weighted by Gasteiger charge is -2.19. The van der Waals surface area contributed by atoms with Crippen molar-refractivity contribution in [3.05, 3.63) is 24.0 Å². The number of nitrogens with two attached hydrogens (primary N) is 1. The molecule has 114 valence electrons. The normalized spacial score (nSPS) is 11.7. The fourth-order valence-electron chi connectivity index (χ4n) is 2.09. The molecule has 0 aliphatic carbocycles. The van der Waals surface area contributed by atoms with Gasteiger partial charge in [0.15, 0.2) is 0 Å². The number of thioether (sulfide) groups is 1. The highest BCUT2D eigenvalue weighted by molar-refractivity contribution is 7.98. The van der Waals surface area contributed by atoms with Gasteiger partial charge in [0, 0.05) is 12.3 Å². The van der Waals surface area contributed by atoms with Crippen LogP contribution in [-0.2, 0) is 4.74 Å². The third-order valence-corrected chi connectivity index (χ3v) is 3.76. The number of carbonyl (C=O) groups is 1. The van der Waals surface area contributed by atoms with Gasteiger partial charge < -0.3 is 19.6 Å². The molecule has 21 heavy (non-hydrogen) atoms. The SMILES string of the molecule is COc1ccn2c(C(=O)OC(C)(C)C)c(SC)c(N)c2c1. The van der Waals surface area contributed by atoms with Gasteiger partial charge in [-0.15, -0.1) is 11.8 Å². The first-order chi connectivity index (χ1) is 9.78. The van der Waals surface area contributed by atoms with E-state index in [1.54, 1.807) is 23.8 Å². The van der Waals surface area contributed by atoms with Crippen molar-refractivity contribution in [2.45, 2.75) is 31.3 Å². The molecule has 0 aromatic carbocycles. The van der Waals surface area contributed by atoms with Crippen LogP contribution in [0.15, 0.2) is 23.2 Å². The Balaban J connectivity index is 2.64. The second kappa shape index (κ2) is 5.52. The predicted octanol–water partition coefficient (Wildman–Crippen LogP) is 3.21. The Labute approximate surface area is 128 Å². The maximum Gasteiger partial charge on any atom is 0.357 e. The third-order valence-electron chi connectivity index (χ3n) is 2.94. The molecule has 2 heterocycles. The van der Waals surface area contributed by atoms with Gasteiger partial charge in [-0.05, 0) is 33.1 Å². The van der Waals surface area contributed by atoms with E-state index in [2.05, 4.69) is 0 Å². The van der Waals surface area contributed by atoms with E-state index in [4.69, 9.17) is 15.2 Å². The van der Waals surface area contributed by atoms with Crippen molar-refractivity contribution in [2.24, 2.45) is 0 Å². The fourth-order valence-corrected chi connectivity index (χ4v) is 2.79. The Morgan fingerprint density at radius 3 is 2.57 bits per heavy atom. The van der Waals surface area contributed by atoms with Crippen LogP contribution in [0.2, 0.25) is 0 Å². The van der Waals surface area contributed by atoms with Crippen molar-refractivity contribution in [3.8, 4) is 5.75 Å². The molecule has 2 aromatic rings. The standard InChI is InChI=1S/C15H20N2O3S/c1-15(2,3)20-14(18)12-13(21-5)11(16)10-8-9(19-4)6-7-17(10)12/h6-8H,16H2,1-5H3. The summed E-state index contributed by atoms with van der Waals surface area (Å²) >= 11 is 1.43. The average molecular weight is 308 g/mol. The van der Waals surface area contributed by atoms with E-state index in [-0.39, 0.29) is 5.97 Å². The molecule has 5 nitrogen and oxygen atoms in total. The molecule has 0 fully saturated rings. The number of nitrogen functional groups attached to an aromatic ring is 1. The number of esters is 1. The van der Waals surface area contributed by atoms with Crippen LogP contribution in [0.25, 0.3) is 5.52 Å². The van der Waals surface area contributed by atoms with Crippen LogP contribution >= 0.6 is 11.8 Å². The fraction of sp³-hybridized carbons (Fsp3) is 0.400. The van der Waals surface area contributed by atoms with Crippen molar-refractivity contribution < 1.29 is 14.3 Å². The van der Waals surface area contributed by atoms with Crippen molar-refractivity contribution in [2.75, 3.05) is 19.1 Å². The van der Waals surface area contributed by atoms with E-state index in [0.717, 1.165) is 10.4 Å². The van der Waals surface area contributed by atoms with Crippen molar-refractivity contribution in [1.82, 2.24) is 4.40 Å². The topological polar surface area (TPSA) is 66.0 Å². The number of fused-ring (bicyclic) bond motifs is 1. The summed E-state index contributed by atoms with van der Waals surface area (Å²) in [5.41, 5.74) is 7.36. The van der Waals surface area contributed by atoms with Crippen molar-refractivity contribution in [3.63, 3.8) is 0 Å². The average Bonchev–Trinajstić information content (AvgIpc) is 2.69. The summed E-state index contributed by atoms with van der Waals surface area (Å²) in [6, 6.07) is 3.59. The number of hydrogen-bond donors (Lipinski definition) is 1. The van der Waals surface area contributed by atoms with E-state index in [1.165, 1.54) is 11.8 Å². The van der Waals surface area contributed by atoms with Crippen LogP contribution in [-0.4, -0.2) is 29.3 Å². The number of pyridine rings is 1. The maximum atomic E-state index is 12.5. The molecule has 0 saturated heterocycles. The molecule has 0 bridgehead atoms. The molecule has 2 N–H and O–H groups in total. The summed E-state index contributed by atoms with van der Waals surface area (Å²) in [5.74, 6) is 0.304. The van der Waals surface area contributed by atoms with Gasteiger partial charge in [-0.3, -0.25) is 0 Å². The zero-order chi connectivity index (χ0) is 15.8. The summed E-state index contributed by atoms with van der Waals surface area (Å²) in [6.07, 6.45) is 3.65. The number of carbonyl (C=O) groups excluding carboxylic acids is 1. The van der Waals surface area contributed by atoms with Crippen LogP contribution in [0.3, 0.4) is 0 Å². The van der Waals surface area contributed by atoms with Crippen molar-refractivity contribution >= 4 is 28.9 Å². The van der Waals surface area contributed by atoms with Gasteiger partial charge in [0.25, 0.3) is 0 Å². The quantitative estimate of drug-likeness (QED) is 0.696. The minimum atomic E-state index is -0.557. The molecule has 6 heteroatoms. The van der Waals surface area contributed by atoms with Gasteiger partial charge in [0.2, 0.25) is 0 Å². The maximum absolute atomic E-state index is 12.5. The summed E-state index contributed by atoms with van der Waals surface area (Å²) in [5, 5.41) is 0. The second-order valence-corrected chi connectivity index (χ2v) is 6.44. The molecular formula is C15H20N2O3S. The number of rotatable bonds is 3. The summed E-state index contributed by atoms with van der Waals surface area (Å²) in [7, 11) is 1.59.